The predicted molar refractivity (Wildman–Crippen MR) is 87.0 cm³/mol. The van der Waals surface area contributed by atoms with Crippen molar-refractivity contribution in [2.24, 2.45) is 0 Å². The highest BCUT2D eigenvalue weighted by atomic mass is 35.5. The maximum atomic E-state index is 12.3. The molecule has 0 amide bonds. The van der Waals surface area contributed by atoms with Gasteiger partial charge in [0.1, 0.15) is 5.01 Å². The third-order valence-electron chi connectivity index (χ3n) is 3.11. The van der Waals surface area contributed by atoms with Gasteiger partial charge in [0.25, 0.3) is 0 Å². The minimum absolute atomic E-state index is 0.00504. The molecule has 2 aromatic carbocycles. The average Bonchev–Trinajstić information content (AvgIpc) is 2.97. The first-order chi connectivity index (χ1) is 10.2. The number of aromatic nitrogens is 1. The van der Waals surface area contributed by atoms with Crippen molar-refractivity contribution in [1.82, 2.24) is 4.98 Å². The third-order valence-corrected chi connectivity index (χ3v) is 4.29. The Labute approximate surface area is 132 Å². The molecule has 0 bridgehead atoms. The summed E-state index contributed by atoms with van der Waals surface area (Å²) in [6.45, 7) is 0. The maximum Gasteiger partial charge on any atom is 0.171 e. The Balaban J connectivity index is 1.79. The summed E-state index contributed by atoms with van der Waals surface area (Å²) in [4.78, 5) is 16.8. The molecule has 4 heteroatoms. The van der Waals surface area contributed by atoms with E-state index >= 15 is 0 Å². The molecule has 0 N–H and O–H groups in total. The van der Waals surface area contributed by atoms with Crippen molar-refractivity contribution >= 4 is 28.7 Å². The van der Waals surface area contributed by atoms with E-state index < -0.39 is 0 Å². The Morgan fingerprint density at radius 2 is 1.76 bits per heavy atom. The number of carbonyl (C=O) groups is 1. The Bertz CT molecular complexity index is 767. The molecule has 0 unspecified atom stereocenters. The van der Waals surface area contributed by atoms with E-state index in [4.69, 9.17) is 11.6 Å². The Kier molecular flexibility index (Phi) is 4.13. The number of carbonyl (C=O) groups excluding carboxylic acids is 1. The van der Waals surface area contributed by atoms with Crippen molar-refractivity contribution in [1.29, 1.82) is 0 Å². The molecule has 1 aromatic heterocycles. The van der Waals surface area contributed by atoms with Crippen LogP contribution in [-0.4, -0.2) is 10.8 Å². The van der Waals surface area contributed by atoms with Gasteiger partial charge in [0.2, 0.25) is 0 Å². The minimum Gasteiger partial charge on any atom is -0.294 e. The summed E-state index contributed by atoms with van der Waals surface area (Å²) >= 11 is 7.55. The van der Waals surface area contributed by atoms with Crippen molar-refractivity contribution in [3.8, 4) is 11.3 Å². The summed E-state index contributed by atoms with van der Waals surface area (Å²) in [6, 6.07) is 17.0. The summed E-state index contributed by atoms with van der Waals surface area (Å²) in [6.07, 6.45) is 0.279. The highest BCUT2D eigenvalue weighted by Crippen LogP contribution is 2.23. The normalized spacial score (nSPS) is 10.5. The van der Waals surface area contributed by atoms with E-state index in [1.807, 2.05) is 47.8 Å². The lowest BCUT2D eigenvalue weighted by atomic mass is 10.1. The molecule has 0 aliphatic heterocycles. The van der Waals surface area contributed by atoms with Crippen molar-refractivity contribution < 1.29 is 4.79 Å². The topological polar surface area (TPSA) is 30.0 Å². The van der Waals surface area contributed by atoms with Crippen LogP contribution in [0, 0.1) is 0 Å². The molecular weight excluding hydrogens is 302 g/mol. The smallest absolute Gasteiger partial charge is 0.171 e. The van der Waals surface area contributed by atoms with E-state index in [0.29, 0.717) is 10.6 Å². The first kappa shape index (κ1) is 14.0. The molecule has 0 saturated carbocycles. The first-order valence-corrected chi connectivity index (χ1v) is 7.77. The van der Waals surface area contributed by atoms with E-state index in [1.54, 1.807) is 12.1 Å². The van der Waals surface area contributed by atoms with E-state index in [2.05, 4.69) is 4.98 Å². The molecule has 21 heavy (non-hydrogen) atoms. The summed E-state index contributed by atoms with van der Waals surface area (Å²) in [5.74, 6) is -0.00504. The van der Waals surface area contributed by atoms with Crippen LogP contribution in [0.25, 0.3) is 11.3 Å². The summed E-state index contributed by atoms with van der Waals surface area (Å²) in [5, 5.41) is 3.27. The molecule has 0 fully saturated rings. The maximum absolute atomic E-state index is 12.3. The van der Waals surface area contributed by atoms with Crippen LogP contribution >= 0.6 is 22.9 Å². The van der Waals surface area contributed by atoms with Crippen LogP contribution in [0.2, 0.25) is 5.02 Å². The summed E-state index contributed by atoms with van der Waals surface area (Å²) < 4.78 is 0. The van der Waals surface area contributed by atoms with Crippen LogP contribution in [0.3, 0.4) is 0 Å². The second-order valence-electron chi connectivity index (χ2n) is 4.57. The van der Waals surface area contributed by atoms with Crippen LogP contribution < -0.4 is 0 Å². The molecule has 104 valence electrons. The fourth-order valence-electron chi connectivity index (χ4n) is 2.05. The first-order valence-electron chi connectivity index (χ1n) is 6.51. The predicted octanol–water partition coefficient (Wildman–Crippen LogP) is 4.89. The van der Waals surface area contributed by atoms with Crippen LogP contribution in [-0.2, 0) is 6.42 Å². The number of ketones is 1. The lowest BCUT2D eigenvalue weighted by molar-refractivity contribution is 0.0993. The van der Waals surface area contributed by atoms with Crippen molar-refractivity contribution in [3.05, 3.63) is 75.6 Å². The van der Waals surface area contributed by atoms with Gasteiger partial charge in [0, 0.05) is 16.5 Å². The zero-order valence-corrected chi connectivity index (χ0v) is 12.7. The van der Waals surface area contributed by atoms with Gasteiger partial charge in [-0.05, 0) is 12.1 Å². The molecule has 0 aliphatic carbocycles. The number of hydrogen-bond acceptors (Lipinski definition) is 3. The molecule has 0 atom stereocenters. The molecule has 0 saturated heterocycles. The fourth-order valence-corrected chi connectivity index (χ4v) is 3.10. The number of thiazole rings is 1. The largest absolute Gasteiger partial charge is 0.294 e. The van der Waals surface area contributed by atoms with E-state index in [1.165, 1.54) is 11.3 Å². The molecule has 0 spiro atoms. The lowest BCUT2D eigenvalue weighted by Crippen LogP contribution is -2.03. The lowest BCUT2D eigenvalue weighted by Gasteiger charge is -2.01. The van der Waals surface area contributed by atoms with Gasteiger partial charge in [-0.25, -0.2) is 4.98 Å². The van der Waals surface area contributed by atoms with Gasteiger partial charge in [0.05, 0.1) is 17.1 Å². The monoisotopic (exact) mass is 313 g/mol. The van der Waals surface area contributed by atoms with Gasteiger partial charge in [0.15, 0.2) is 5.78 Å². The van der Waals surface area contributed by atoms with E-state index in [-0.39, 0.29) is 12.2 Å². The number of rotatable bonds is 4. The van der Waals surface area contributed by atoms with Gasteiger partial charge in [-0.1, -0.05) is 54.1 Å². The Hall–Kier alpha value is -1.97. The molecule has 0 radical (unpaired) electrons. The molecule has 3 aromatic rings. The summed E-state index contributed by atoms with van der Waals surface area (Å²) in [5.41, 5.74) is 2.52. The van der Waals surface area contributed by atoms with Crippen LogP contribution in [0.4, 0.5) is 0 Å². The minimum atomic E-state index is -0.00504. The van der Waals surface area contributed by atoms with Crippen molar-refractivity contribution in [2.45, 2.75) is 6.42 Å². The number of hydrogen-bond donors (Lipinski definition) is 0. The fraction of sp³-hybridized carbons (Fsp3) is 0.0588. The van der Waals surface area contributed by atoms with Gasteiger partial charge < -0.3 is 0 Å². The number of benzene rings is 2. The molecule has 3 rings (SSSR count). The Morgan fingerprint density at radius 1 is 1.05 bits per heavy atom. The van der Waals surface area contributed by atoms with Crippen LogP contribution in [0.5, 0.6) is 0 Å². The van der Waals surface area contributed by atoms with Crippen molar-refractivity contribution in [2.75, 3.05) is 0 Å². The number of halogens is 1. The highest BCUT2D eigenvalue weighted by Gasteiger charge is 2.13. The molecule has 0 aliphatic rings. The van der Waals surface area contributed by atoms with Crippen molar-refractivity contribution in [3.63, 3.8) is 0 Å². The Morgan fingerprint density at radius 3 is 2.52 bits per heavy atom. The van der Waals surface area contributed by atoms with Crippen LogP contribution in [0.1, 0.15) is 15.4 Å². The van der Waals surface area contributed by atoms with E-state index in [0.717, 1.165) is 16.3 Å². The number of Topliss-reactive ketones (excluding diaryl/α,β-unsaturated/α-hetero) is 1. The second-order valence-corrected chi connectivity index (χ2v) is 5.92. The van der Waals surface area contributed by atoms with Gasteiger partial charge in [-0.15, -0.1) is 11.3 Å². The summed E-state index contributed by atoms with van der Waals surface area (Å²) in [7, 11) is 0. The standard InChI is InChI=1S/C17H12ClNOS/c18-14-9-5-4-8-13(14)16(20)10-17-19-15(11-21-17)12-6-2-1-3-7-12/h1-9,11H,10H2. The van der Waals surface area contributed by atoms with Gasteiger partial charge in [-0.2, -0.15) is 0 Å². The quantitative estimate of drug-likeness (QED) is 0.642. The zero-order chi connectivity index (χ0) is 14.7. The van der Waals surface area contributed by atoms with Gasteiger partial charge >= 0.3 is 0 Å². The second kappa shape index (κ2) is 6.20. The zero-order valence-electron chi connectivity index (χ0n) is 11.1. The third kappa shape index (κ3) is 3.20. The average molecular weight is 314 g/mol. The number of nitrogens with zero attached hydrogens (tertiary/aromatic N) is 1. The SMILES string of the molecule is O=C(Cc1nc(-c2ccccc2)cs1)c1ccccc1Cl. The highest BCUT2D eigenvalue weighted by molar-refractivity contribution is 7.10. The van der Waals surface area contributed by atoms with E-state index in [9.17, 15) is 4.79 Å². The van der Waals surface area contributed by atoms with Crippen LogP contribution in [0.15, 0.2) is 60.0 Å². The molecule has 1 heterocycles. The molecular formula is C17H12ClNOS. The molecule has 2 nitrogen and oxygen atoms in total. The van der Waals surface area contributed by atoms with Gasteiger partial charge in [-0.3, -0.25) is 4.79 Å².